The van der Waals surface area contributed by atoms with Gasteiger partial charge in [-0.05, 0) is 19.9 Å². The molecule has 4 nitrogen and oxygen atoms in total. The van der Waals surface area contributed by atoms with Crippen molar-refractivity contribution in [1.82, 2.24) is 9.80 Å². The fraction of sp³-hybridized carbons (Fsp3) is 0.500. The molecule has 0 bridgehead atoms. The van der Waals surface area contributed by atoms with Crippen LogP contribution in [0.15, 0.2) is 34.3 Å². The summed E-state index contributed by atoms with van der Waals surface area (Å²) < 4.78 is 0. The molecule has 3 rings (SSSR count). The van der Waals surface area contributed by atoms with Crippen molar-refractivity contribution in [3.63, 3.8) is 0 Å². The Morgan fingerprint density at radius 2 is 1.35 bits per heavy atom. The number of hydrogen-bond acceptors (Lipinski definition) is 4. The molecule has 2 unspecified atom stereocenters. The van der Waals surface area contributed by atoms with Gasteiger partial charge in [-0.25, -0.2) is 0 Å². The van der Waals surface area contributed by atoms with Gasteiger partial charge in [-0.15, -0.1) is 0 Å². The molecule has 0 saturated carbocycles. The SMILES string of the molecule is CC1CN=C(c2cccc(C3=NCC(C)N3C)c2)N1C. The largest absolute Gasteiger partial charge is 0.355 e. The molecule has 1 aromatic carbocycles. The molecule has 106 valence electrons. The number of aliphatic imine (C=N–C) groups is 2. The summed E-state index contributed by atoms with van der Waals surface area (Å²) in [5, 5.41) is 0. The van der Waals surface area contributed by atoms with Gasteiger partial charge in [0.05, 0.1) is 13.1 Å². The van der Waals surface area contributed by atoms with Crippen LogP contribution in [0.2, 0.25) is 0 Å². The highest BCUT2D eigenvalue weighted by molar-refractivity contribution is 6.04. The highest BCUT2D eigenvalue weighted by Crippen LogP contribution is 2.19. The number of likely N-dealkylation sites (N-methyl/N-ethyl adjacent to an activating group) is 2. The molecular weight excluding hydrogens is 248 g/mol. The number of benzene rings is 1. The summed E-state index contributed by atoms with van der Waals surface area (Å²) in [6, 6.07) is 9.55. The van der Waals surface area contributed by atoms with Crippen LogP contribution in [0.5, 0.6) is 0 Å². The molecule has 1 aromatic rings. The Hall–Kier alpha value is -1.84. The van der Waals surface area contributed by atoms with Crippen LogP contribution in [0.25, 0.3) is 0 Å². The average Bonchev–Trinajstić information content (AvgIpc) is 2.95. The topological polar surface area (TPSA) is 31.2 Å². The van der Waals surface area contributed by atoms with Crippen molar-refractivity contribution in [3.8, 4) is 0 Å². The normalized spacial score (nSPS) is 26.0. The number of nitrogens with zero attached hydrogens (tertiary/aromatic N) is 4. The maximum Gasteiger partial charge on any atom is 0.131 e. The summed E-state index contributed by atoms with van der Waals surface area (Å²) in [6.07, 6.45) is 0. The molecule has 0 spiro atoms. The maximum absolute atomic E-state index is 4.66. The quantitative estimate of drug-likeness (QED) is 0.821. The first-order valence-corrected chi connectivity index (χ1v) is 7.23. The van der Waals surface area contributed by atoms with E-state index in [-0.39, 0.29) is 0 Å². The molecule has 0 aromatic heterocycles. The molecule has 4 heteroatoms. The molecule has 0 radical (unpaired) electrons. The van der Waals surface area contributed by atoms with E-state index >= 15 is 0 Å². The summed E-state index contributed by atoms with van der Waals surface area (Å²) in [5.41, 5.74) is 2.37. The molecule has 0 amide bonds. The minimum Gasteiger partial charge on any atom is -0.355 e. The van der Waals surface area contributed by atoms with Gasteiger partial charge in [-0.1, -0.05) is 18.2 Å². The van der Waals surface area contributed by atoms with E-state index in [1.54, 1.807) is 0 Å². The van der Waals surface area contributed by atoms with Crippen molar-refractivity contribution in [2.24, 2.45) is 9.98 Å². The van der Waals surface area contributed by atoms with Gasteiger partial charge in [-0.3, -0.25) is 9.98 Å². The third kappa shape index (κ3) is 2.09. The van der Waals surface area contributed by atoms with Gasteiger partial charge in [-0.2, -0.15) is 0 Å². The molecule has 0 aliphatic carbocycles. The zero-order valence-corrected chi connectivity index (χ0v) is 12.7. The predicted molar refractivity (Wildman–Crippen MR) is 83.7 cm³/mol. The lowest BCUT2D eigenvalue weighted by Gasteiger charge is -2.22. The van der Waals surface area contributed by atoms with Gasteiger partial charge >= 0.3 is 0 Å². The van der Waals surface area contributed by atoms with Crippen molar-refractivity contribution in [1.29, 1.82) is 0 Å². The summed E-state index contributed by atoms with van der Waals surface area (Å²) in [4.78, 5) is 13.8. The molecule has 2 atom stereocenters. The molecular formula is C16H22N4. The number of hydrogen-bond donors (Lipinski definition) is 0. The van der Waals surface area contributed by atoms with Crippen molar-refractivity contribution in [3.05, 3.63) is 35.4 Å². The van der Waals surface area contributed by atoms with E-state index in [0.29, 0.717) is 12.1 Å². The Kier molecular flexibility index (Phi) is 3.24. The lowest BCUT2D eigenvalue weighted by molar-refractivity contribution is 0.432. The summed E-state index contributed by atoms with van der Waals surface area (Å²) in [7, 11) is 4.23. The van der Waals surface area contributed by atoms with E-state index in [4.69, 9.17) is 0 Å². The zero-order chi connectivity index (χ0) is 14.3. The first kappa shape index (κ1) is 13.2. The third-order valence-corrected chi connectivity index (χ3v) is 4.38. The maximum atomic E-state index is 4.66. The number of amidine groups is 2. The fourth-order valence-electron chi connectivity index (χ4n) is 2.71. The van der Waals surface area contributed by atoms with Crippen molar-refractivity contribution in [2.45, 2.75) is 25.9 Å². The minimum atomic E-state index is 0.486. The van der Waals surface area contributed by atoms with Crippen LogP contribution in [-0.2, 0) is 0 Å². The predicted octanol–water partition coefficient (Wildman–Crippen LogP) is 1.85. The second-order valence-corrected chi connectivity index (χ2v) is 5.83. The van der Waals surface area contributed by atoms with Crippen molar-refractivity contribution in [2.75, 3.05) is 27.2 Å². The van der Waals surface area contributed by atoms with E-state index < -0.39 is 0 Å². The van der Waals surface area contributed by atoms with Gasteiger partial charge in [0, 0.05) is 37.3 Å². The lowest BCUT2D eigenvalue weighted by Crippen LogP contribution is -2.32. The third-order valence-electron chi connectivity index (χ3n) is 4.38. The first-order valence-electron chi connectivity index (χ1n) is 7.23. The molecule has 2 aliphatic rings. The van der Waals surface area contributed by atoms with Crippen LogP contribution in [0.3, 0.4) is 0 Å². The standard InChI is InChI=1S/C16H22N4/c1-11-9-17-15(19(11)3)13-6-5-7-14(8-13)16-18-10-12(2)20(16)4/h5-8,11-12H,9-10H2,1-4H3. The van der Waals surface area contributed by atoms with Gasteiger partial charge in [0.2, 0.25) is 0 Å². The van der Waals surface area contributed by atoms with Crippen LogP contribution in [0.1, 0.15) is 25.0 Å². The Bertz CT molecular complexity index is 528. The van der Waals surface area contributed by atoms with E-state index in [1.165, 1.54) is 11.1 Å². The zero-order valence-electron chi connectivity index (χ0n) is 12.7. The van der Waals surface area contributed by atoms with Gasteiger partial charge in [0.1, 0.15) is 11.7 Å². The van der Waals surface area contributed by atoms with E-state index in [9.17, 15) is 0 Å². The van der Waals surface area contributed by atoms with E-state index in [0.717, 1.165) is 24.8 Å². The Morgan fingerprint density at radius 3 is 1.70 bits per heavy atom. The highest BCUT2D eigenvalue weighted by atomic mass is 15.3. The molecule has 20 heavy (non-hydrogen) atoms. The number of rotatable bonds is 2. The second kappa shape index (κ2) is 4.93. The minimum absolute atomic E-state index is 0.486. The van der Waals surface area contributed by atoms with Crippen LogP contribution < -0.4 is 0 Å². The van der Waals surface area contributed by atoms with Gasteiger partial charge < -0.3 is 9.80 Å². The van der Waals surface area contributed by atoms with Crippen LogP contribution >= 0.6 is 0 Å². The average molecular weight is 270 g/mol. The van der Waals surface area contributed by atoms with Crippen LogP contribution in [0, 0.1) is 0 Å². The summed E-state index contributed by atoms with van der Waals surface area (Å²) >= 11 is 0. The van der Waals surface area contributed by atoms with Gasteiger partial charge in [0.15, 0.2) is 0 Å². The summed E-state index contributed by atoms with van der Waals surface area (Å²) in [5.74, 6) is 2.18. The second-order valence-electron chi connectivity index (χ2n) is 5.83. The highest BCUT2D eigenvalue weighted by Gasteiger charge is 2.24. The fourth-order valence-corrected chi connectivity index (χ4v) is 2.71. The van der Waals surface area contributed by atoms with E-state index in [2.05, 4.69) is 72.0 Å². The van der Waals surface area contributed by atoms with Crippen molar-refractivity contribution < 1.29 is 0 Å². The Morgan fingerprint density at radius 1 is 0.900 bits per heavy atom. The smallest absolute Gasteiger partial charge is 0.131 e. The molecule has 0 fully saturated rings. The molecule has 0 saturated heterocycles. The van der Waals surface area contributed by atoms with Crippen LogP contribution in [-0.4, -0.2) is 60.7 Å². The van der Waals surface area contributed by atoms with E-state index in [1.807, 2.05) is 0 Å². The first-order chi connectivity index (χ1) is 9.58. The Balaban J connectivity index is 1.92. The summed E-state index contributed by atoms with van der Waals surface area (Å²) in [6.45, 7) is 6.18. The monoisotopic (exact) mass is 270 g/mol. The molecule has 2 heterocycles. The lowest BCUT2D eigenvalue weighted by atomic mass is 10.1. The molecule has 2 aliphatic heterocycles. The van der Waals surface area contributed by atoms with Crippen molar-refractivity contribution >= 4 is 11.7 Å². The van der Waals surface area contributed by atoms with Crippen LogP contribution in [0.4, 0.5) is 0 Å². The molecule has 0 N–H and O–H groups in total. The van der Waals surface area contributed by atoms with Gasteiger partial charge in [0.25, 0.3) is 0 Å². The Labute approximate surface area is 120 Å².